The first kappa shape index (κ1) is 32.4. The van der Waals surface area contributed by atoms with Crippen molar-refractivity contribution in [1.82, 2.24) is 10.2 Å². The Morgan fingerprint density at radius 2 is 1.71 bits per heavy atom. The van der Waals surface area contributed by atoms with Gasteiger partial charge in [0, 0.05) is 17.6 Å². The van der Waals surface area contributed by atoms with Crippen molar-refractivity contribution in [3.8, 4) is 0 Å². The summed E-state index contributed by atoms with van der Waals surface area (Å²) in [5.74, 6) is -1.26. The zero-order valence-electron chi connectivity index (χ0n) is 22.2. The van der Waals surface area contributed by atoms with Gasteiger partial charge in [-0.3, -0.25) is 13.9 Å². The standard InChI is InChI=1S/C28H28BrClF3N3O4S/c1-3-14-34-27(38)19(2)35(17-20-8-7-9-21(29)15-20)26(37)18-36(41(39,40)23-10-5-4-6-11-23)22-12-13-25(30)24(16-22)28(31,32)33/h4-13,15-16,19H,3,14,17-18H2,1-2H3,(H,34,38)/t19-/m1/s1. The predicted octanol–water partition coefficient (Wildman–Crippen LogP) is 6.26. The van der Waals surface area contributed by atoms with Gasteiger partial charge in [-0.25, -0.2) is 8.42 Å². The first-order valence-corrected chi connectivity index (χ1v) is 15.1. The molecule has 0 aromatic heterocycles. The Kier molecular flexibility index (Phi) is 10.8. The number of alkyl halides is 3. The van der Waals surface area contributed by atoms with Crippen molar-refractivity contribution in [3.63, 3.8) is 0 Å². The van der Waals surface area contributed by atoms with Gasteiger partial charge in [0.25, 0.3) is 10.0 Å². The quantitative estimate of drug-likeness (QED) is 0.260. The molecule has 3 rings (SSSR count). The van der Waals surface area contributed by atoms with Crippen molar-refractivity contribution in [1.29, 1.82) is 0 Å². The highest BCUT2D eigenvalue weighted by atomic mass is 79.9. The first-order valence-electron chi connectivity index (χ1n) is 12.5. The minimum Gasteiger partial charge on any atom is -0.354 e. The van der Waals surface area contributed by atoms with Crippen LogP contribution in [0, 0.1) is 0 Å². The van der Waals surface area contributed by atoms with Gasteiger partial charge in [0.05, 0.1) is 21.2 Å². The van der Waals surface area contributed by atoms with Crippen molar-refractivity contribution in [2.24, 2.45) is 0 Å². The number of benzene rings is 3. The summed E-state index contributed by atoms with van der Waals surface area (Å²) in [6, 6.07) is 15.6. The maximum absolute atomic E-state index is 13.8. The van der Waals surface area contributed by atoms with E-state index in [1.54, 1.807) is 30.3 Å². The molecule has 3 aromatic rings. The number of amides is 2. The van der Waals surface area contributed by atoms with E-state index in [0.29, 0.717) is 28.9 Å². The second-order valence-corrected chi connectivity index (χ2v) is 12.3. The van der Waals surface area contributed by atoms with Gasteiger partial charge in [-0.2, -0.15) is 13.2 Å². The van der Waals surface area contributed by atoms with E-state index in [-0.39, 0.29) is 11.4 Å². The molecule has 7 nitrogen and oxygen atoms in total. The molecule has 0 unspecified atom stereocenters. The fourth-order valence-corrected chi connectivity index (χ4v) is 6.04. The molecule has 220 valence electrons. The Bertz CT molecular complexity index is 1490. The third-order valence-electron chi connectivity index (χ3n) is 6.11. The van der Waals surface area contributed by atoms with Crippen molar-refractivity contribution >= 4 is 55.1 Å². The molecule has 0 bridgehead atoms. The van der Waals surface area contributed by atoms with E-state index in [9.17, 15) is 31.2 Å². The van der Waals surface area contributed by atoms with Crippen LogP contribution in [0.5, 0.6) is 0 Å². The molecule has 0 aliphatic carbocycles. The third-order valence-corrected chi connectivity index (χ3v) is 8.72. The van der Waals surface area contributed by atoms with Gasteiger partial charge in [-0.15, -0.1) is 0 Å². The zero-order chi connectivity index (χ0) is 30.4. The molecule has 0 radical (unpaired) electrons. The Labute approximate surface area is 250 Å². The van der Waals surface area contributed by atoms with Crippen LogP contribution in [0.4, 0.5) is 18.9 Å². The lowest BCUT2D eigenvalue weighted by atomic mass is 10.1. The number of carbonyl (C=O) groups excluding carboxylic acids is 2. The number of halogens is 5. The molecule has 13 heteroatoms. The van der Waals surface area contributed by atoms with Gasteiger partial charge in [0.15, 0.2) is 0 Å². The summed E-state index contributed by atoms with van der Waals surface area (Å²) in [5.41, 5.74) is -1.02. The summed E-state index contributed by atoms with van der Waals surface area (Å²) in [6.07, 6.45) is -4.23. The van der Waals surface area contributed by atoms with E-state index in [1.807, 2.05) is 6.92 Å². The minimum atomic E-state index is -4.88. The van der Waals surface area contributed by atoms with Gasteiger partial charge < -0.3 is 10.2 Å². The number of nitrogens with one attached hydrogen (secondary N) is 1. The summed E-state index contributed by atoms with van der Waals surface area (Å²) in [5, 5.41) is 2.10. The third kappa shape index (κ3) is 8.23. The van der Waals surface area contributed by atoms with Crippen LogP contribution in [0.2, 0.25) is 5.02 Å². The molecule has 3 aromatic carbocycles. The SMILES string of the molecule is CCCNC(=O)[C@@H](C)N(Cc1cccc(Br)c1)C(=O)CN(c1ccc(Cl)c(C(F)(F)F)c1)S(=O)(=O)c1ccccc1. The first-order chi connectivity index (χ1) is 19.3. The fraction of sp³-hybridized carbons (Fsp3) is 0.286. The lowest BCUT2D eigenvalue weighted by Gasteiger charge is -2.32. The predicted molar refractivity (Wildman–Crippen MR) is 155 cm³/mol. The zero-order valence-corrected chi connectivity index (χ0v) is 25.3. The van der Waals surface area contributed by atoms with Crippen LogP contribution in [-0.4, -0.2) is 44.3 Å². The van der Waals surface area contributed by atoms with Crippen molar-refractivity contribution < 1.29 is 31.2 Å². The summed E-state index contributed by atoms with van der Waals surface area (Å²) in [4.78, 5) is 27.7. The highest BCUT2D eigenvalue weighted by Gasteiger charge is 2.37. The van der Waals surface area contributed by atoms with Crippen LogP contribution in [0.15, 0.2) is 82.2 Å². The number of hydrogen-bond acceptors (Lipinski definition) is 4. The molecule has 1 N–H and O–H groups in total. The van der Waals surface area contributed by atoms with E-state index in [2.05, 4.69) is 21.2 Å². The largest absolute Gasteiger partial charge is 0.417 e. The lowest BCUT2D eigenvalue weighted by Crippen LogP contribution is -2.51. The van der Waals surface area contributed by atoms with Crippen molar-refractivity contribution in [2.75, 3.05) is 17.4 Å². The molecule has 0 spiro atoms. The van der Waals surface area contributed by atoms with Gasteiger partial charge in [0.1, 0.15) is 12.6 Å². The maximum atomic E-state index is 13.8. The number of rotatable bonds is 11. The van der Waals surface area contributed by atoms with Gasteiger partial charge in [0.2, 0.25) is 11.8 Å². The highest BCUT2D eigenvalue weighted by molar-refractivity contribution is 9.10. The van der Waals surface area contributed by atoms with Gasteiger partial charge >= 0.3 is 6.18 Å². The monoisotopic (exact) mass is 673 g/mol. The average Bonchev–Trinajstić information content (AvgIpc) is 2.93. The molecule has 0 fully saturated rings. The van der Waals surface area contributed by atoms with Gasteiger partial charge in [-0.05, 0) is 61.4 Å². The van der Waals surface area contributed by atoms with Crippen molar-refractivity contribution in [2.45, 2.75) is 43.9 Å². The molecule has 41 heavy (non-hydrogen) atoms. The van der Waals surface area contributed by atoms with Crippen LogP contribution in [0.25, 0.3) is 0 Å². The summed E-state index contributed by atoms with van der Waals surface area (Å²) in [6.45, 7) is 2.79. The Hall–Kier alpha value is -3.09. The normalized spacial score (nSPS) is 12.5. The minimum absolute atomic E-state index is 0.0629. The molecular formula is C28H28BrClF3N3O4S. The lowest BCUT2D eigenvalue weighted by molar-refractivity contribution is -0.139. The topological polar surface area (TPSA) is 86.8 Å². The Morgan fingerprint density at radius 1 is 1.02 bits per heavy atom. The number of carbonyl (C=O) groups is 2. The van der Waals surface area contributed by atoms with Crippen LogP contribution in [0.1, 0.15) is 31.4 Å². The second-order valence-electron chi connectivity index (χ2n) is 9.11. The molecule has 0 heterocycles. The maximum Gasteiger partial charge on any atom is 0.417 e. The number of sulfonamides is 1. The molecule has 0 aliphatic heterocycles. The smallest absolute Gasteiger partial charge is 0.354 e. The fourth-order valence-electron chi connectivity index (χ4n) is 3.94. The van der Waals surface area contributed by atoms with E-state index >= 15 is 0 Å². The van der Waals surface area contributed by atoms with E-state index in [0.717, 1.165) is 16.6 Å². The van der Waals surface area contributed by atoms with Crippen molar-refractivity contribution in [3.05, 3.63) is 93.4 Å². The average molecular weight is 675 g/mol. The summed E-state index contributed by atoms with van der Waals surface area (Å²) >= 11 is 9.15. The molecular weight excluding hydrogens is 647 g/mol. The molecule has 0 saturated heterocycles. The Morgan fingerprint density at radius 3 is 2.32 bits per heavy atom. The second kappa shape index (κ2) is 13.7. The van der Waals surface area contributed by atoms with Crippen LogP contribution < -0.4 is 9.62 Å². The van der Waals surface area contributed by atoms with E-state index < -0.39 is 56.9 Å². The van der Waals surface area contributed by atoms with Crippen LogP contribution in [-0.2, 0) is 32.3 Å². The molecule has 1 atom stereocenters. The van der Waals surface area contributed by atoms with E-state index in [4.69, 9.17) is 11.6 Å². The van der Waals surface area contributed by atoms with Gasteiger partial charge in [-0.1, -0.05) is 64.8 Å². The van der Waals surface area contributed by atoms with Crippen LogP contribution in [0.3, 0.4) is 0 Å². The Balaban J connectivity index is 2.10. The van der Waals surface area contributed by atoms with E-state index in [1.165, 1.54) is 36.1 Å². The number of anilines is 1. The molecule has 0 aliphatic rings. The molecule has 0 saturated carbocycles. The summed E-state index contributed by atoms with van der Waals surface area (Å²) in [7, 11) is -4.53. The number of hydrogen-bond donors (Lipinski definition) is 1. The summed E-state index contributed by atoms with van der Waals surface area (Å²) < 4.78 is 69.9. The number of nitrogens with zero attached hydrogens (tertiary/aromatic N) is 2. The van der Waals surface area contributed by atoms with Crippen LogP contribution >= 0.6 is 27.5 Å². The highest BCUT2D eigenvalue weighted by Crippen LogP contribution is 2.38. The molecule has 2 amide bonds.